The van der Waals surface area contributed by atoms with E-state index in [4.69, 9.17) is 16.3 Å². The molecule has 0 aliphatic rings. The molecule has 0 aliphatic heterocycles. The van der Waals surface area contributed by atoms with Crippen LogP contribution in [-0.2, 0) is 0 Å². The number of hydrogen-bond donors (Lipinski definition) is 1. The van der Waals surface area contributed by atoms with Crippen molar-refractivity contribution in [3.8, 4) is 5.75 Å². The maximum atomic E-state index is 6.11. The number of benzene rings is 2. The van der Waals surface area contributed by atoms with Crippen molar-refractivity contribution in [2.24, 2.45) is 0 Å². The van der Waals surface area contributed by atoms with Gasteiger partial charge in [0.05, 0.1) is 11.6 Å². The summed E-state index contributed by atoms with van der Waals surface area (Å²) in [6.45, 7) is 7.16. The largest absolute Gasteiger partial charge is 0.487 e. The lowest BCUT2D eigenvalue weighted by Gasteiger charge is -2.19. The SMILES string of the molecule is CC(C)c1ccccc1NC[C@H](C)Oc1ccccc1Cl. The molecule has 21 heavy (non-hydrogen) atoms. The smallest absolute Gasteiger partial charge is 0.138 e. The molecule has 0 spiro atoms. The molecular formula is C18H22ClNO. The Kier molecular flexibility index (Phi) is 5.51. The molecule has 1 N–H and O–H groups in total. The summed E-state index contributed by atoms with van der Waals surface area (Å²) in [5.74, 6) is 1.22. The zero-order valence-electron chi connectivity index (χ0n) is 12.8. The molecule has 0 aliphatic carbocycles. The van der Waals surface area contributed by atoms with Crippen molar-refractivity contribution >= 4 is 17.3 Å². The second-order valence-electron chi connectivity index (χ2n) is 5.48. The van der Waals surface area contributed by atoms with Gasteiger partial charge in [-0.3, -0.25) is 0 Å². The van der Waals surface area contributed by atoms with Gasteiger partial charge in [0.1, 0.15) is 11.9 Å². The first-order chi connectivity index (χ1) is 10.1. The van der Waals surface area contributed by atoms with Crippen LogP contribution in [0.4, 0.5) is 5.69 Å². The zero-order valence-corrected chi connectivity index (χ0v) is 13.5. The summed E-state index contributed by atoms with van der Waals surface area (Å²) < 4.78 is 5.87. The summed E-state index contributed by atoms with van der Waals surface area (Å²) in [4.78, 5) is 0. The first-order valence-electron chi connectivity index (χ1n) is 7.32. The Morgan fingerprint density at radius 3 is 2.38 bits per heavy atom. The standard InChI is InChI=1S/C18H22ClNO/c1-13(2)15-8-4-6-10-17(15)20-12-14(3)21-18-11-7-5-9-16(18)19/h4-11,13-14,20H,12H2,1-3H3/t14-/m0/s1. The minimum absolute atomic E-state index is 0.0325. The molecule has 2 nitrogen and oxygen atoms in total. The van der Waals surface area contributed by atoms with Crippen LogP contribution in [0.15, 0.2) is 48.5 Å². The summed E-state index contributed by atoms with van der Waals surface area (Å²) in [6.07, 6.45) is 0.0325. The van der Waals surface area contributed by atoms with Gasteiger partial charge in [-0.05, 0) is 36.6 Å². The highest BCUT2D eigenvalue weighted by atomic mass is 35.5. The number of anilines is 1. The highest BCUT2D eigenvalue weighted by Gasteiger charge is 2.09. The summed E-state index contributed by atoms with van der Waals surface area (Å²) >= 11 is 6.11. The van der Waals surface area contributed by atoms with Gasteiger partial charge in [-0.15, -0.1) is 0 Å². The Labute approximate surface area is 132 Å². The number of hydrogen-bond acceptors (Lipinski definition) is 2. The van der Waals surface area contributed by atoms with Gasteiger partial charge >= 0.3 is 0 Å². The van der Waals surface area contributed by atoms with E-state index in [0.717, 1.165) is 12.3 Å². The van der Waals surface area contributed by atoms with Gasteiger partial charge in [0, 0.05) is 5.69 Å². The minimum Gasteiger partial charge on any atom is -0.487 e. The quantitative estimate of drug-likeness (QED) is 0.777. The maximum Gasteiger partial charge on any atom is 0.138 e. The first-order valence-corrected chi connectivity index (χ1v) is 7.69. The van der Waals surface area contributed by atoms with E-state index in [1.165, 1.54) is 11.3 Å². The number of ether oxygens (including phenoxy) is 1. The average molecular weight is 304 g/mol. The molecule has 2 rings (SSSR count). The fraction of sp³-hybridized carbons (Fsp3) is 0.333. The van der Waals surface area contributed by atoms with Gasteiger partial charge in [-0.25, -0.2) is 0 Å². The van der Waals surface area contributed by atoms with Crippen LogP contribution < -0.4 is 10.1 Å². The van der Waals surface area contributed by atoms with Gasteiger partial charge < -0.3 is 10.1 Å². The van der Waals surface area contributed by atoms with E-state index in [0.29, 0.717) is 10.9 Å². The minimum atomic E-state index is 0.0325. The highest BCUT2D eigenvalue weighted by Crippen LogP contribution is 2.25. The Balaban J connectivity index is 1.96. The van der Waals surface area contributed by atoms with Crippen LogP contribution in [-0.4, -0.2) is 12.6 Å². The van der Waals surface area contributed by atoms with Crippen LogP contribution in [0.1, 0.15) is 32.3 Å². The molecular weight excluding hydrogens is 282 g/mol. The molecule has 0 saturated carbocycles. The normalized spacial score (nSPS) is 12.2. The van der Waals surface area contributed by atoms with E-state index in [2.05, 4.69) is 37.4 Å². The Morgan fingerprint density at radius 1 is 1.00 bits per heavy atom. The van der Waals surface area contributed by atoms with E-state index in [1.54, 1.807) is 0 Å². The Morgan fingerprint density at radius 2 is 1.67 bits per heavy atom. The van der Waals surface area contributed by atoms with Gasteiger partial charge in [0.2, 0.25) is 0 Å². The third kappa shape index (κ3) is 4.40. The molecule has 0 unspecified atom stereocenters. The van der Waals surface area contributed by atoms with E-state index < -0.39 is 0 Å². The first kappa shape index (κ1) is 15.7. The summed E-state index contributed by atoms with van der Waals surface area (Å²) in [6, 6.07) is 15.9. The second-order valence-corrected chi connectivity index (χ2v) is 5.89. The van der Waals surface area contributed by atoms with Crippen LogP contribution >= 0.6 is 11.6 Å². The number of halogens is 1. The van der Waals surface area contributed by atoms with Gasteiger partial charge in [0.25, 0.3) is 0 Å². The van der Waals surface area contributed by atoms with E-state index in [1.807, 2.05) is 37.3 Å². The van der Waals surface area contributed by atoms with E-state index in [9.17, 15) is 0 Å². The molecule has 0 fully saturated rings. The van der Waals surface area contributed by atoms with Crippen molar-refractivity contribution in [3.63, 3.8) is 0 Å². The molecule has 0 aromatic heterocycles. The molecule has 0 saturated heterocycles. The number of para-hydroxylation sites is 2. The molecule has 0 radical (unpaired) electrons. The average Bonchev–Trinajstić information content (AvgIpc) is 2.48. The van der Waals surface area contributed by atoms with Crippen LogP contribution in [0.5, 0.6) is 5.75 Å². The van der Waals surface area contributed by atoms with Gasteiger partial charge in [-0.1, -0.05) is 55.8 Å². The molecule has 2 aromatic carbocycles. The summed E-state index contributed by atoms with van der Waals surface area (Å²) in [7, 11) is 0. The van der Waals surface area contributed by atoms with Crippen molar-refractivity contribution < 1.29 is 4.74 Å². The molecule has 0 heterocycles. The van der Waals surface area contributed by atoms with Crippen molar-refractivity contribution in [1.82, 2.24) is 0 Å². The molecule has 0 bridgehead atoms. The zero-order chi connectivity index (χ0) is 15.2. The third-order valence-electron chi connectivity index (χ3n) is 3.33. The van der Waals surface area contributed by atoms with Crippen molar-refractivity contribution in [1.29, 1.82) is 0 Å². The second kappa shape index (κ2) is 7.37. The predicted octanol–water partition coefficient (Wildman–Crippen LogP) is 5.34. The fourth-order valence-electron chi connectivity index (χ4n) is 2.21. The number of rotatable bonds is 6. The monoisotopic (exact) mass is 303 g/mol. The molecule has 3 heteroatoms. The Bertz CT molecular complexity index is 583. The Hall–Kier alpha value is -1.67. The number of nitrogens with one attached hydrogen (secondary N) is 1. The van der Waals surface area contributed by atoms with E-state index >= 15 is 0 Å². The topological polar surface area (TPSA) is 21.3 Å². The third-order valence-corrected chi connectivity index (χ3v) is 3.64. The maximum absolute atomic E-state index is 6.11. The van der Waals surface area contributed by atoms with Crippen molar-refractivity contribution in [3.05, 3.63) is 59.1 Å². The van der Waals surface area contributed by atoms with Crippen LogP contribution in [0, 0.1) is 0 Å². The molecule has 0 amide bonds. The summed E-state index contributed by atoms with van der Waals surface area (Å²) in [5, 5.41) is 4.11. The summed E-state index contributed by atoms with van der Waals surface area (Å²) in [5.41, 5.74) is 2.49. The lowest BCUT2D eigenvalue weighted by Crippen LogP contribution is -2.23. The molecule has 112 valence electrons. The lowest BCUT2D eigenvalue weighted by atomic mass is 10.0. The molecule has 1 atom stereocenters. The van der Waals surface area contributed by atoms with Gasteiger partial charge in [-0.2, -0.15) is 0 Å². The molecule has 2 aromatic rings. The van der Waals surface area contributed by atoms with Crippen LogP contribution in [0.2, 0.25) is 5.02 Å². The highest BCUT2D eigenvalue weighted by molar-refractivity contribution is 6.32. The van der Waals surface area contributed by atoms with Crippen LogP contribution in [0.25, 0.3) is 0 Å². The predicted molar refractivity (Wildman–Crippen MR) is 90.6 cm³/mol. The van der Waals surface area contributed by atoms with Crippen LogP contribution in [0.3, 0.4) is 0 Å². The van der Waals surface area contributed by atoms with Crippen molar-refractivity contribution in [2.75, 3.05) is 11.9 Å². The van der Waals surface area contributed by atoms with E-state index in [-0.39, 0.29) is 6.10 Å². The lowest BCUT2D eigenvalue weighted by molar-refractivity contribution is 0.235. The van der Waals surface area contributed by atoms with Gasteiger partial charge in [0.15, 0.2) is 0 Å². The fourth-order valence-corrected chi connectivity index (χ4v) is 2.39. The van der Waals surface area contributed by atoms with Crippen molar-refractivity contribution in [2.45, 2.75) is 32.8 Å².